The fourth-order valence-corrected chi connectivity index (χ4v) is 4.56. The van der Waals surface area contributed by atoms with Gasteiger partial charge in [-0.3, -0.25) is 4.79 Å². The first-order valence-corrected chi connectivity index (χ1v) is 9.11. The molecule has 120 valence electrons. The molecule has 0 saturated carbocycles. The van der Waals surface area contributed by atoms with Gasteiger partial charge in [0.15, 0.2) is 4.83 Å². The molecule has 0 spiro atoms. The minimum Gasteiger partial charge on any atom is -0.267 e. The van der Waals surface area contributed by atoms with E-state index in [-0.39, 0.29) is 5.56 Å². The van der Waals surface area contributed by atoms with Crippen molar-refractivity contribution in [2.24, 2.45) is 11.3 Å². The van der Waals surface area contributed by atoms with Crippen molar-refractivity contribution in [3.05, 3.63) is 20.8 Å². The van der Waals surface area contributed by atoms with Crippen molar-refractivity contribution in [3.63, 3.8) is 0 Å². The maximum absolute atomic E-state index is 12.7. The second-order valence-electron chi connectivity index (χ2n) is 7.46. The maximum atomic E-state index is 12.7. The lowest BCUT2D eigenvalue weighted by molar-refractivity contribution is 0.218. The highest BCUT2D eigenvalue weighted by atomic mass is 32.1. The summed E-state index contributed by atoms with van der Waals surface area (Å²) in [5, 5.41) is 9.28. The highest BCUT2D eigenvalue weighted by molar-refractivity contribution is 7.18. The Labute approximate surface area is 135 Å². The molecule has 2 aromatic rings. The Hall–Kier alpha value is -1.23. The zero-order valence-electron chi connectivity index (χ0n) is 14.0. The summed E-state index contributed by atoms with van der Waals surface area (Å²) in [6.07, 6.45) is 5.28. The topological polar surface area (TPSA) is 47.8 Å². The van der Waals surface area contributed by atoms with Crippen LogP contribution in [-0.4, -0.2) is 15.0 Å². The van der Waals surface area contributed by atoms with Gasteiger partial charge in [0.2, 0.25) is 0 Å². The monoisotopic (exact) mass is 319 g/mol. The van der Waals surface area contributed by atoms with E-state index in [4.69, 9.17) is 0 Å². The van der Waals surface area contributed by atoms with Gasteiger partial charge in [-0.1, -0.05) is 39.3 Å². The Kier molecular flexibility index (Phi) is 4.10. The van der Waals surface area contributed by atoms with Crippen LogP contribution in [0.5, 0.6) is 0 Å². The quantitative estimate of drug-likeness (QED) is 0.864. The second kappa shape index (κ2) is 5.76. The molecule has 2 aromatic heterocycles. The number of hydrogen-bond donors (Lipinski definition) is 0. The molecular weight excluding hydrogens is 294 g/mol. The number of hydrogen-bond acceptors (Lipinski definition) is 4. The molecule has 5 heteroatoms. The number of aryl methyl sites for hydroxylation is 2. The van der Waals surface area contributed by atoms with Gasteiger partial charge in [0.05, 0.1) is 5.39 Å². The predicted molar refractivity (Wildman–Crippen MR) is 91.6 cm³/mol. The van der Waals surface area contributed by atoms with Crippen molar-refractivity contribution < 1.29 is 0 Å². The Morgan fingerprint density at radius 3 is 2.82 bits per heavy atom. The largest absolute Gasteiger partial charge is 0.278 e. The fourth-order valence-electron chi connectivity index (χ4n) is 3.32. The maximum Gasteiger partial charge on any atom is 0.278 e. The van der Waals surface area contributed by atoms with Crippen molar-refractivity contribution in [2.75, 3.05) is 0 Å². The molecule has 0 saturated heterocycles. The van der Waals surface area contributed by atoms with E-state index in [0.29, 0.717) is 17.9 Å². The van der Waals surface area contributed by atoms with E-state index in [1.807, 2.05) is 0 Å². The van der Waals surface area contributed by atoms with E-state index in [0.717, 1.165) is 35.9 Å². The summed E-state index contributed by atoms with van der Waals surface area (Å²) in [5.74, 6) is 0.684. The Morgan fingerprint density at radius 2 is 2.14 bits per heavy atom. The molecule has 0 fully saturated rings. The third-order valence-electron chi connectivity index (χ3n) is 4.89. The summed E-state index contributed by atoms with van der Waals surface area (Å²) in [7, 11) is 0. The molecule has 1 atom stereocenters. The molecule has 0 amide bonds. The van der Waals surface area contributed by atoms with E-state index >= 15 is 0 Å². The van der Waals surface area contributed by atoms with Gasteiger partial charge < -0.3 is 0 Å². The standard InChI is InChI=1S/C17H25N3OS/c1-5-6-9-20-16(21)14-12-8-7-11(17(2,3)4)10-13(12)22-15(14)18-19-20/h11H,5-10H2,1-4H3/t11-/m0/s1. The molecule has 4 nitrogen and oxygen atoms in total. The molecule has 0 aliphatic heterocycles. The number of fused-ring (bicyclic) bond motifs is 3. The first kappa shape index (κ1) is 15.7. The van der Waals surface area contributed by atoms with Gasteiger partial charge in [-0.15, -0.1) is 16.4 Å². The number of aromatic nitrogens is 3. The smallest absolute Gasteiger partial charge is 0.267 e. The zero-order chi connectivity index (χ0) is 15.9. The summed E-state index contributed by atoms with van der Waals surface area (Å²) in [4.78, 5) is 14.9. The number of rotatable bonds is 3. The third-order valence-corrected chi connectivity index (χ3v) is 6.03. The number of unbranched alkanes of at least 4 members (excludes halogenated alkanes) is 1. The van der Waals surface area contributed by atoms with Gasteiger partial charge in [0, 0.05) is 11.4 Å². The van der Waals surface area contributed by atoms with Gasteiger partial charge >= 0.3 is 0 Å². The van der Waals surface area contributed by atoms with Crippen LogP contribution in [0.1, 0.15) is 57.4 Å². The van der Waals surface area contributed by atoms with Gasteiger partial charge in [-0.25, -0.2) is 4.68 Å². The van der Waals surface area contributed by atoms with Crippen LogP contribution in [0, 0.1) is 11.3 Å². The molecule has 22 heavy (non-hydrogen) atoms. The lowest BCUT2D eigenvalue weighted by Gasteiger charge is -2.33. The summed E-state index contributed by atoms with van der Waals surface area (Å²) >= 11 is 1.68. The van der Waals surface area contributed by atoms with Crippen molar-refractivity contribution >= 4 is 21.6 Å². The molecule has 0 aromatic carbocycles. The highest BCUT2D eigenvalue weighted by Gasteiger charge is 2.31. The molecule has 0 bridgehead atoms. The summed E-state index contributed by atoms with van der Waals surface area (Å²) < 4.78 is 1.55. The van der Waals surface area contributed by atoms with Gasteiger partial charge in [0.25, 0.3) is 5.56 Å². The Bertz CT molecular complexity index is 739. The average Bonchev–Trinajstić information content (AvgIpc) is 2.84. The third kappa shape index (κ3) is 2.71. The van der Waals surface area contributed by atoms with Crippen LogP contribution >= 0.6 is 11.3 Å². The summed E-state index contributed by atoms with van der Waals surface area (Å²) in [6.45, 7) is 9.73. The van der Waals surface area contributed by atoms with Crippen LogP contribution in [0.3, 0.4) is 0 Å². The van der Waals surface area contributed by atoms with Crippen molar-refractivity contribution in [3.8, 4) is 0 Å². The molecule has 0 radical (unpaired) electrons. The molecule has 2 heterocycles. The van der Waals surface area contributed by atoms with E-state index in [9.17, 15) is 4.79 Å². The number of thiophene rings is 1. The molecule has 0 unspecified atom stereocenters. The van der Waals surface area contributed by atoms with Gasteiger partial charge in [-0.2, -0.15) is 0 Å². The van der Waals surface area contributed by atoms with E-state index < -0.39 is 0 Å². The van der Waals surface area contributed by atoms with Crippen LogP contribution in [-0.2, 0) is 19.4 Å². The van der Waals surface area contributed by atoms with Crippen molar-refractivity contribution in [2.45, 2.75) is 66.3 Å². The van der Waals surface area contributed by atoms with Gasteiger partial charge in [0.1, 0.15) is 0 Å². The zero-order valence-corrected chi connectivity index (χ0v) is 14.8. The molecular formula is C17H25N3OS. The van der Waals surface area contributed by atoms with E-state index in [2.05, 4.69) is 38.0 Å². The minimum atomic E-state index is 0.0603. The SMILES string of the molecule is CCCCn1nnc2sc3c(c2c1=O)CC[C@H](C(C)(C)C)C3. The Balaban J connectivity index is 2.03. The lowest BCUT2D eigenvalue weighted by atomic mass is 9.72. The highest BCUT2D eigenvalue weighted by Crippen LogP contribution is 2.41. The molecule has 0 N–H and O–H groups in total. The molecule has 1 aliphatic carbocycles. The van der Waals surface area contributed by atoms with Crippen LogP contribution in [0.15, 0.2) is 4.79 Å². The predicted octanol–water partition coefficient (Wildman–Crippen LogP) is 3.80. The normalized spacial score (nSPS) is 18.6. The molecule has 3 rings (SSSR count). The molecule has 1 aliphatic rings. The van der Waals surface area contributed by atoms with E-state index in [1.165, 1.54) is 16.9 Å². The van der Waals surface area contributed by atoms with E-state index in [1.54, 1.807) is 16.0 Å². The minimum absolute atomic E-state index is 0.0603. The fraction of sp³-hybridized carbons (Fsp3) is 0.706. The van der Waals surface area contributed by atoms with Crippen molar-refractivity contribution in [1.29, 1.82) is 0 Å². The van der Waals surface area contributed by atoms with Crippen LogP contribution < -0.4 is 5.56 Å². The van der Waals surface area contributed by atoms with Gasteiger partial charge in [-0.05, 0) is 42.6 Å². The van der Waals surface area contributed by atoms with Crippen LogP contribution in [0.2, 0.25) is 0 Å². The number of nitrogens with zero attached hydrogens (tertiary/aromatic N) is 3. The second-order valence-corrected chi connectivity index (χ2v) is 8.54. The van der Waals surface area contributed by atoms with Crippen LogP contribution in [0.4, 0.5) is 0 Å². The lowest BCUT2D eigenvalue weighted by Crippen LogP contribution is -2.27. The van der Waals surface area contributed by atoms with Crippen molar-refractivity contribution in [1.82, 2.24) is 15.0 Å². The van der Waals surface area contributed by atoms with Crippen LogP contribution in [0.25, 0.3) is 10.2 Å². The Morgan fingerprint density at radius 1 is 1.36 bits per heavy atom. The first-order chi connectivity index (χ1) is 10.4. The summed E-state index contributed by atoms with van der Waals surface area (Å²) in [5.41, 5.74) is 1.64. The average molecular weight is 319 g/mol. The summed E-state index contributed by atoms with van der Waals surface area (Å²) in [6, 6.07) is 0. The first-order valence-electron chi connectivity index (χ1n) is 8.30.